The number of aryl methyl sites for hydroxylation is 1. The minimum atomic E-state index is -0.0618. The number of nitrogens with zero attached hydrogens (tertiary/aromatic N) is 3. The molecule has 3 aromatic rings. The number of ether oxygens (including phenoxy) is 2. The van der Waals surface area contributed by atoms with Gasteiger partial charge in [0.15, 0.2) is 17.5 Å². The predicted molar refractivity (Wildman–Crippen MR) is 126 cm³/mol. The molecule has 1 atom stereocenters. The molecular weight excluding hydrogens is 481 g/mol. The number of fused-ring (bicyclic) bond motifs is 2. The van der Waals surface area contributed by atoms with Gasteiger partial charge in [0.05, 0.1) is 17.6 Å². The number of benzene rings is 2. The molecule has 4 rings (SSSR count). The van der Waals surface area contributed by atoms with Gasteiger partial charge in [-0.15, -0.1) is 24.0 Å². The molecule has 29 heavy (non-hydrogen) atoms. The van der Waals surface area contributed by atoms with E-state index in [1.54, 1.807) is 7.05 Å². The van der Waals surface area contributed by atoms with Crippen molar-refractivity contribution in [3.8, 4) is 11.5 Å². The second-order valence-corrected chi connectivity index (χ2v) is 6.68. The van der Waals surface area contributed by atoms with Crippen LogP contribution < -0.4 is 20.1 Å². The summed E-state index contributed by atoms with van der Waals surface area (Å²) in [5.74, 6) is 3.33. The standard InChI is InChI=1S/C21H25N5O2.HI/c1-15-25-17-7-3-4-8-18(17)26(15)12-11-23-21(22-2)24-13-16-14-27-19-9-5-6-10-20(19)28-16;/h3-10,16H,11-14H2,1-2H3,(H2,22,23,24);1H. The fourth-order valence-electron chi connectivity index (χ4n) is 3.36. The number of nitrogens with one attached hydrogen (secondary N) is 2. The summed E-state index contributed by atoms with van der Waals surface area (Å²) in [4.78, 5) is 8.90. The molecule has 0 spiro atoms. The predicted octanol–water partition coefficient (Wildman–Crippen LogP) is 2.97. The van der Waals surface area contributed by atoms with Gasteiger partial charge in [-0.3, -0.25) is 4.99 Å². The van der Waals surface area contributed by atoms with E-state index in [0.717, 1.165) is 47.4 Å². The number of hydrogen-bond acceptors (Lipinski definition) is 4. The normalized spacial score (nSPS) is 15.7. The summed E-state index contributed by atoms with van der Waals surface area (Å²) < 4.78 is 13.9. The molecule has 1 aromatic heterocycles. The Morgan fingerprint density at radius 2 is 1.90 bits per heavy atom. The second kappa shape index (κ2) is 9.82. The zero-order chi connectivity index (χ0) is 19.3. The van der Waals surface area contributed by atoms with E-state index >= 15 is 0 Å². The van der Waals surface area contributed by atoms with Gasteiger partial charge >= 0.3 is 0 Å². The van der Waals surface area contributed by atoms with E-state index in [1.165, 1.54) is 0 Å². The molecule has 7 nitrogen and oxygen atoms in total. The minimum absolute atomic E-state index is 0. The Morgan fingerprint density at radius 3 is 2.72 bits per heavy atom. The van der Waals surface area contributed by atoms with Gasteiger partial charge in [0.1, 0.15) is 18.5 Å². The van der Waals surface area contributed by atoms with Crippen molar-refractivity contribution >= 4 is 41.0 Å². The highest BCUT2D eigenvalue weighted by Crippen LogP contribution is 2.30. The van der Waals surface area contributed by atoms with Crippen LogP contribution >= 0.6 is 24.0 Å². The fourth-order valence-corrected chi connectivity index (χ4v) is 3.36. The number of aromatic nitrogens is 2. The second-order valence-electron chi connectivity index (χ2n) is 6.68. The molecule has 2 N–H and O–H groups in total. The van der Waals surface area contributed by atoms with Crippen molar-refractivity contribution in [2.24, 2.45) is 4.99 Å². The van der Waals surface area contributed by atoms with Crippen LogP contribution in [0.25, 0.3) is 11.0 Å². The van der Waals surface area contributed by atoms with E-state index in [4.69, 9.17) is 9.47 Å². The zero-order valence-corrected chi connectivity index (χ0v) is 18.9. The van der Waals surface area contributed by atoms with Gasteiger partial charge in [-0.05, 0) is 31.2 Å². The molecule has 0 fully saturated rings. The van der Waals surface area contributed by atoms with E-state index in [9.17, 15) is 0 Å². The third kappa shape index (κ3) is 4.92. The third-order valence-corrected chi connectivity index (χ3v) is 4.76. The van der Waals surface area contributed by atoms with Crippen LogP contribution in [0.15, 0.2) is 53.5 Å². The molecule has 154 valence electrons. The maximum absolute atomic E-state index is 5.97. The SMILES string of the molecule is CN=C(NCCn1c(C)nc2ccccc21)NCC1COc2ccccc2O1.I. The van der Waals surface area contributed by atoms with E-state index < -0.39 is 0 Å². The molecule has 2 heterocycles. The van der Waals surface area contributed by atoms with Gasteiger partial charge in [0.25, 0.3) is 0 Å². The van der Waals surface area contributed by atoms with E-state index in [0.29, 0.717) is 13.2 Å². The lowest BCUT2D eigenvalue weighted by Gasteiger charge is -2.27. The van der Waals surface area contributed by atoms with Crippen molar-refractivity contribution in [1.29, 1.82) is 0 Å². The van der Waals surface area contributed by atoms with E-state index in [2.05, 4.69) is 31.2 Å². The Bertz CT molecular complexity index is 988. The molecule has 1 aliphatic heterocycles. The van der Waals surface area contributed by atoms with Crippen LogP contribution in [-0.2, 0) is 6.54 Å². The van der Waals surface area contributed by atoms with Crippen molar-refractivity contribution in [1.82, 2.24) is 20.2 Å². The molecule has 0 saturated heterocycles. The van der Waals surface area contributed by atoms with Crippen molar-refractivity contribution < 1.29 is 9.47 Å². The number of rotatable bonds is 5. The van der Waals surface area contributed by atoms with Crippen LogP contribution in [0.2, 0.25) is 0 Å². The maximum Gasteiger partial charge on any atom is 0.191 e. The Hall–Kier alpha value is -2.49. The largest absolute Gasteiger partial charge is 0.486 e. The van der Waals surface area contributed by atoms with E-state index in [-0.39, 0.29) is 30.1 Å². The topological polar surface area (TPSA) is 72.7 Å². The molecule has 1 aliphatic rings. The average Bonchev–Trinajstić information content (AvgIpc) is 3.05. The summed E-state index contributed by atoms with van der Waals surface area (Å²) in [5.41, 5.74) is 2.17. The first-order valence-corrected chi connectivity index (χ1v) is 9.49. The van der Waals surface area contributed by atoms with Crippen molar-refractivity contribution in [2.75, 3.05) is 26.7 Å². The summed E-state index contributed by atoms with van der Waals surface area (Å²) in [6.07, 6.45) is -0.0618. The minimum Gasteiger partial charge on any atom is -0.486 e. The monoisotopic (exact) mass is 507 g/mol. The zero-order valence-electron chi connectivity index (χ0n) is 16.6. The van der Waals surface area contributed by atoms with Crippen molar-refractivity contribution in [3.05, 3.63) is 54.4 Å². The molecule has 8 heteroatoms. The lowest BCUT2D eigenvalue weighted by molar-refractivity contribution is 0.0936. The quantitative estimate of drug-likeness (QED) is 0.316. The highest BCUT2D eigenvalue weighted by Gasteiger charge is 2.20. The van der Waals surface area contributed by atoms with Crippen LogP contribution in [0.1, 0.15) is 5.82 Å². The third-order valence-electron chi connectivity index (χ3n) is 4.76. The van der Waals surface area contributed by atoms with Crippen molar-refractivity contribution in [2.45, 2.75) is 19.6 Å². The van der Waals surface area contributed by atoms with Crippen LogP contribution in [0.4, 0.5) is 0 Å². The average molecular weight is 507 g/mol. The summed E-state index contributed by atoms with van der Waals surface area (Å²) in [5, 5.41) is 6.66. The fraction of sp³-hybridized carbons (Fsp3) is 0.333. The number of imidazole rings is 1. The molecular formula is C21H26IN5O2. The van der Waals surface area contributed by atoms with E-state index in [1.807, 2.05) is 49.4 Å². The summed E-state index contributed by atoms with van der Waals surface area (Å²) >= 11 is 0. The molecule has 1 unspecified atom stereocenters. The number of para-hydroxylation sites is 4. The summed E-state index contributed by atoms with van der Waals surface area (Å²) in [7, 11) is 1.76. The Morgan fingerprint density at radius 1 is 1.14 bits per heavy atom. The lowest BCUT2D eigenvalue weighted by Crippen LogP contribution is -2.46. The molecule has 2 aromatic carbocycles. The van der Waals surface area contributed by atoms with Crippen LogP contribution in [-0.4, -0.2) is 48.4 Å². The highest BCUT2D eigenvalue weighted by molar-refractivity contribution is 14.0. The molecule has 0 aliphatic carbocycles. The smallest absolute Gasteiger partial charge is 0.191 e. The lowest BCUT2D eigenvalue weighted by atomic mass is 10.2. The van der Waals surface area contributed by atoms with Gasteiger partial charge in [-0.2, -0.15) is 0 Å². The summed E-state index contributed by atoms with van der Waals surface area (Å²) in [6, 6.07) is 15.9. The van der Waals surface area contributed by atoms with Gasteiger partial charge in [-0.1, -0.05) is 24.3 Å². The Kier molecular flexibility index (Phi) is 7.18. The van der Waals surface area contributed by atoms with Crippen LogP contribution in [0.3, 0.4) is 0 Å². The first kappa shape index (κ1) is 21.2. The van der Waals surface area contributed by atoms with Gasteiger partial charge in [0.2, 0.25) is 0 Å². The van der Waals surface area contributed by atoms with Crippen LogP contribution in [0, 0.1) is 6.92 Å². The number of guanidine groups is 1. The molecule has 0 bridgehead atoms. The van der Waals surface area contributed by atoms with Crippen LogP contribution in [0.5, 0.6) is 11.5 Å². The Labute approximate surface area is 187 Å². The van der Waals surface area contributed by atoms with Gasteiger partial charge in [0, 0.05) is 20.1 Å². The molecule has 0 saturated carbocycles. The number of hydrogen-bond donors (Lipinski definition) is 2. The molecule has 0 radical (unpaired) electrons. The van der Waals surface area contributed by atoms with Crippen molar-refractivity contribution in [3.63, 3.8) is 0 Å². The first-order chi connectivity index (χ1) is 13.7. The first-order valence-electron chi connectivity index (χ1n) is 9.49. The summed E-state index contributed by atoms with van der Waals surface area (Å²) in [6.45, 7) is 4.71. The molecule has 0 amide bonds. The highest BCUT2D eigenvalue weighted by atomic mass is 127. The number of aliphatic imine (C=N–C) groups is 1. The maximum atomic E-state index is 5.97. The van der Waals surface area contributed by atoms with Gasteiger partial charge < -0.3 is 24.7 Å². The van der Waals surface area contributed by atoms with Gasteiger partial charge in [-0.25, -0.2) is 4.98 Å². The Balaban J connectivity index is 0.00000240. The number of halogens is 1.